The van der Waals surface area contributed by atoms with Crippen LogP contribution in [0.3, 0.4) is 0 Å². The molecule has 96 valence electrons. The normalized spacial score (nSPS) is 14.7. The number of allylic oxidation sites excluding steroid dienone is 2. The highest BCUT2D eigenvalue weighted by molar-refractivity contribution is 5.79. The summed E-state index contributed by atoms with van der Waals surface area (Å²) < 4.78 is 5.49. The molecule has 0 aromatic heterocycles. The molecule has 1 aromatic carbocycles. The predicted octanol–water partition coefficient (Wildman–Crippen LogP) is 1.73. The van der Waals surface area contributed by atoms with Gasteiger partial charge in [-0.2, -0.15) is 0 Å². The van der Waals surface area contributed by atoms with Crippen LogP contribution in [-0.2, 0) is 4.79 Å². The van der Waals surface area contributed by atoms with Crippen LogP contribution >= 0.6 is 0 Å². The SMILES string of the molecule is Nc1ccc(OCCNC(=O)C2CC=CC2)cc1. The van der Waals surface area contributed by atoms with E-state index in [9.17, 15) is 4.79 Å². The van der Waals surface area contributed by atoms with E-state index in [2.05, 4.69) is 17.5 Å². The van der Waals surface area contributed by atoms with Crippen molar-refractivity contribution >= 4 is 11.6 Å². The number of nitrogen functional groups attached to an aromatic ring is 1. The summed E-state index contributed by atoms with van der Waals surface area (Å²) in [6.07, 6.45) is 5.81. The van der Waals surface area contributed by atoms with Crippen LogP contribution in [0, 0.1) is 5.92 Å². The molecular weight excluding hydrogens is 228 g/mol. The molecule has 1 aromatic rings. The fourth-order valence-corrected chi connectivity index (χ4v) is 1.88. The van der Waals surface area contributed by atoms with Crippen LogP contribution in [0.25, 0.3) is 0 Å². The molecule has 1 aliphatic carbocycles. The summed E-state index contributed by atoms with van der Waals surface area (Å²) in [4.78, 5) is 11.7. The largest absolute Gasteiger partial charge is 0.492 e. The van der Waals surface area contributed by atoms with Gasteiger partial charge in [0.1, 0.15) is 12.4 Å². The van der Waals surface area contributed by atoms with Crippen LogP contribution in [0.5, 0.6) is 5.75 Å². The highest BCUT2D eigenvalue weighted by Crippen LogP contribution is 2.17. The first kappa shape index (κ1) is 12.5. The molecule has 0 radical (unpaired) electrons. The fourth-order valence-electron chi connectivity index (χ4n) is 1.88. The van der Waals surface area contributed by atoms with Crippen molar-refractivity contribution < 1.29 is 9.53 Å². The monoisotopic (exact) mass is 246 g/mol. The molecule has 0 spiro atoms. The Morgan fingerprint density at radius 1 is 1.28 bits per heavy atom. The van der Waals surface area contributed by atoms with Gasteiger partial charge in [-0.1, -0.05) is 12.2 Å². The molecule has 0 unspecified atom stereocenters. The second-order valence-corrected chi connectivity index (χ2v) is 4.35. The third-order valence-electron chi connectivity index (χ3n) is 2.93. The van der Waals surface area contributed by atoms with Gasteiger partial charge in [-0.3, -0.25) is 4.79 Å². The molecule has 0 bridgehead atoms. The lowest BCUT2D eigenvalue weighted by Gasteiger charge is -2.11. The third kappa shape index (κ3) is 3.52. The number of amides is 1. The zero-order valence-electron chi connectivity index (χ0n) is 10.3. The molecule has 0 fully saturated rings. The van der Waals surface area contributed by atoms with Crippen LogP contribution in [0.4, 0.5) is 5.69 Å². The van der Waals surface area contributed by atoms with Crippen LogP contribution in [0.15, 0.2) is 36.4 Å². The number of nitrogens with two attached hydrogens (primary N) is 1. The molecule has 0 aliphatic heterocycles. The van der Waals surface area contributed by atoms with Crippen molar-refractivity contribution in [2.24, 2.45) is 5.92 Å². The predicted molar refractivity (Wildman–Crippen MR) is 71.2 cm³/mol. The third-order valence-corrected chi connectivity index (χ3v) is 2.93. The minimum Gasteiger partial charge on any atom is -0.492 e. The van der Waals surface area contributed by atoms with Gasteiger partial charge in [0.2, 0.25) is 5.91 Å². The number of nitrogens with one attached hydrogen (secondary N) is 1. The molecule has 4 nitrogen and oxygen atoms in total. The number of rotatable bonds is 5. The second kappa shape index (κ2) is 6.10. The average Bonchev–Trinajstić information content (AvgIpc) is 2.90. The van der Waals surface area contributed by atoms with E-state index in [1.54, 1.807) is 12.1 Å². The number of benzene rings is 1. The first-order valence-electron chi connectivity index (χ1n) is 6.17. The fraction of sp³-hybridized carbons (Fsp3) is 0.357. The zero-order valence-corrected chi connectivity index (χ0v) is 10.3. The van der Waals surface area contributed by atoms with Crippen molar-refractivity contribution in [1.82, 2.24) is 5.32 Å². The summed E-state index contributed by atoms with van der Waals surface area (Å²) in [5.41, 5.74) is 6.28. The van der Waals surface area contributed by atoms with Crippen molar-refractivity contribution in [2.45, 2.75) is 12.8 Å². The Labute approximate surface area is 107 Å². The average molecular weight is 246 g/mol. The van der Waals surface area contributed by atoms with Crippen molar-refractivity contribution in [3.63, 3.8) is 0 Å². The Morgan fingerprint density at radius 2 is 1.94 bits per heavy atom. The molecule has 1 amide bonds. The van der Waals surface area contributed by atoms with Gasteiger partial charge >= 0.3 is 0 Å². The van der Waals surface area contributed by atoms with Crippen molar-refractivity contribution in [1.29, 1.82) is 0 Å². The minimum absolute atomic E-state index is 0.112. The summed E-state index contributed by atoms with van der Waals surface area (Å²) in [5.74, 6) is 0.989. The summed E-state index contributed by atoms with van der Waals surface area (Å²) in [5, 5.41) is 2.88. The van der Waals surface area contributed by atoms with Crippen molar-refractivity contribution in [3.8, 4) is 5.75 Å². The van der Waals surface area contributed by atoms with E-state index in [1.807, 2.05) is 12.1 Å². The van der Waals surface area contributed by atoms with Crippen LogP contribution in [0.2, 0.25) is 0 Å². The van der Waals surface area contributed by atoms with Gasteiger partial charge < -0.3 is 15.8 Å². The minimum atomic E-state index is 0.112. The standard InChI is InChI=1S/C14H18N2O2/c15-12-5-7-13(8-6-12)18-10-9-16-14(17)11-3-1-2-4-11/h1-2,5-8,11H,3-4,9-10,15H2,(H,16,17). The van der Waals surface area contributed by atoms with Gasteiger partial charge in [0.15, 0.2) is 0 Å². The van der Waals surface area contributed by atoms with E-state index >= 15 is 0 Å². The number of ether oxygens (including phenoxy) is 1. The summed E-state index contributed by atoms with van der Waals surface area (Å²) in [6, 6.07) is 7.21. The first-order valence-corrected chi connectivity index (χ1v) is 6.17. The molecule has 0 heterocycles. The maximum Gasteiger partial charge on any atom is 0.223 e. The lowest BCUT2D eigenvalue weighted by Crippen LogP contribution is -2.32. The Bertz CT molecular complexity index is 418. The number of hydrogen-bond acceptors (Lipinski definition) is 3. The molecule has 2 rings (SSSR count). The Kier molecular flexibility index (Phi) is 4.23. The van der Waals surface area contributed by atoms with Gasteiger partial charge in [-0.15, -0.1) is 0 Å². The van der Waals surface area contributed by atoms with Gasteiger partial charge in [0.25, 0.3) is 0 Å². The highest BCUT2D eigenvalue weighted by Gasteiger charge is 2.18. The Balaban J connectivity index is 1.63. The summed E-state index contributed by atoms with van der Waals surface area (Å²) in [7, 11) is 0. The molecule has 4 heteroatoms. The first-order chi connectivity index (χ1) is 8.75. The maximum atomic E-state index is 11.7. The summed E-state index contributed by atoms with van der Waals surface area (Å²) >= 11 is 0. The van der Waals surface area contributed by atoms with Gasteiger partial charge in [-0.25, -0.2) is 0 Å². The molecule has 0 saturated heterocycles. The summed E-state index contributed by atoms with van der Waals surface area (Å²) in [6.45, 7) is 0.996. The quantitative estimate of drug-likeness (QED) is 0.472. The number of hydrogen-bond donors (Lipinski definition) is 2. The number of carbonyl (C=O) groups is 1. The van der Waals surface area contributed by atoms with Gasteiger partial charge in [0.05, 0.1) is 6.54 Å². The molecule has 0 atom stereocenters. The van der Waals surface area contributed by atoms with E-state index in [4.69, 9.17) is 10.5 Å². The lowest BCUT2D eigenvalue weighted by molar-refractivity contribution is -0.124. The molecule has 1 aliphatic rings. The van der Waals surface area contributed by atoms with E-state index in [1.165, 1.54) is 0 Å². The Morgan fingerprint density at radius 3 is 2.61 bits per heavy atom. The van der Waals surface area contributed by atoms with Gasteiger partial charge in [0, 0.05) is 11.6 Å². The van der Waals surface area contributed by atoms with Crippen molar-refractivity contribution in [2.75, 3.05) is 18.9 Å². The van der Waals surface area contributed by atoms with E-state index in [0.29, 0.717) is 18.8 Å². The topological polar surface area (TPSA) is 64.3 Å². The highest BCUT2D eigenvalue weighted by atomic mass is 16.5. The smallest absolute Gasteiger partial charge is 0.223 e. The van der Waals surface area contributed by atoms with Gasteiger partial charge in [-0.05, 0) is 37.1 Å². The maximum absolute atomic E-state index is 11.7. The van der Waals surface area contributed by atoms with Crippen LogP contribution < -0.4 is 15.8 Å². The van der Waals surface area contributed by atoms with E-state index < -0.39 is 0 Å². The van der Waals surface area contributed by atoms with Crippen LogP contribution in [0.1, 0.15) is 12.8 Å². The molecule has 18 heavy (non-hydrogen) atoms. The van der Waals surface area contributed by atoms with E-state index in [-0.39, 0.29) is 11.8 Å². The van der Waals surface area contributed by atoms with Crippen LogP contribution in [-0.4, -0.2) is 19.1 Å². The van der Waals surface area contributed by atoms with Crippen molar-refractivity contribution in [3.05, 3.63) is 36.4 Å². The number of anilines is 1. The molecular formula is C14H18N2O2. The molecule has 0 saturated carbocycles. The zero-order chi connectivity index (χ0) is 12.8. The Hall–Kier alpha value is -1.97. The number of carbonyl (C=O) groups excluding carboxylic acids is 1. The van der Waals surface area contributed by atoms with E-state index in [0.717, 1.165) is 18.6 Å². The second-order valence-electron chi connectivity index (χ2n) is 4.35. The molecule has 3 N–H and O–H groups in total. The lowest BCUT2D eigenvalue weighted by atomic mass is 10.1.